The Labute approximate surface area is 148 Å². The summed E-state index contributed by atoms with van der Waals surface area (Å²) < 4.78 is 0. The Hall–Kier alpha value is -1.82. The fourth-order valence-corrected chi connectivity index (χ4v) is 3.44. The Kier molecular flexibility index (Phi) is 6.43. The molecule has 2 aromatic rings. The van der Waals surface area contributed by atoms with Gasteiger partial charge in [0.2, 0.25) is 0 Å². The van der Waals surface area contributed by atoms with Crippen LogP contribution in [0.5, 0.6) is 0 Å². The number of hydrogen-bond donors (Lipinski definition) is 0. The largest absolute Gasteiger partial charge is 0.0985 e. The first-order valence-corrected chi connectivity index (χ1v) is 9.32. The summed E-state index contributed by atoms with van der Waals surface area (Å²) in [4.78, 5) is 0. The average molecular weight is 321 g/mol. The quantitative estimate of drug-likeness (QED) is 0.468. The molecule has 0 N–H and O–H groups in total. The zero-order valence-corrected chi connectivity index (χ0v) is 16.1. The lowest BCUT2D eigenvalue weighted by molar-refractivity contribution is 0.667. The van der Waals surface area contributed by atoms with Crippen molar-refractivity contribution >= 4 is 6.08 Å². The van der Waals surface area contributed by atoms with Gasteiger partial charge in [0.15, 0.2) is 0 Å². The van der Waals surface area contributed by atoms with Crippen molar-refractivity contribution in [2.75, 3.05) is 0 Å². The minimum atomic E-state index is 1.16. The molecule has 0 fully saturated rings. The van der Waals surface area contributed by atoms with Crippen molar-refractivity contribution in [1.82, 2.24) is 0 Å². The number of aryl methyl sites for hydroxylation is 5. The van der Waals surface area contributed by atoms with Crippen LogP contribution >= 0.6 is 0 Å². The van der Waals surface area contributed by atoms with E-state index in [1.54, 1.807) is 0 Å². The molecule has 0 saturated carbocycles. The number of rotatable bonds is 7. The lowest BCUT2D eigenvalue weighted by Gasteiger charge is -2.17. The molecule has 0 aliphatic carbocycles. The molecular formula is C24H32. The van der Waals surface area contributed by atoms with Gasteiger partial charge in [0.25, 0.3) is 0 Å². The molecule has 0 amide bonds. The smallest absolute Gasteiger partial charge is 0.0146 e. The maximum atomic E-state index is 3.99. The highest BCUT2D eigenvalue weighted by molar-refractivity contribution is 5.75. The Bertz CT molecular complexity index is 719. The van der Waals surface area contributed by atoms with Crippen LogP contribution in [0.3, 0.4) is 0 Å². The molecule has 2 rings (SSSR count). The second-order valence-corrected chi connectivity index (χ2v) is 7.13. The third kappa shape index (κ3) is 4.17. The second kappa shape index (κ2) is 8.33. The highest BCUT2D eigenvalue weighted by Gasteiger charge is 2.12. The fourth-order valence-electron chi connectivity index (χ4n) is 3.44. The van der Waals surface area contributed by atoms with Gasteiger partial charge in [-0.25, -0.2) is 0 Å². The molecule has 0 unspecified atom stereocenters. The molecule has 0 aliphatic rings. The minimum Gasteiger partial charge on any atom is -0.0985 e. The molecule has 2 aromatic carbocycles. The zero-order valence-electron chi connectivity index (χ0n) is 16.1. The highest BCUT2D eigenvalue weighted by atomic mass is 14.2. The Morgan fingerprint density at radius 1 is 0.750 bits per heavy atom. The summed E-state index contributed by atoms with van der Waals surface area (Å²) in [6, 6.07) is 9.41. The van der Waals surface area contributed by atoms with Crippen LogP contribution in [0.2, 0.25) is 0 Å². The normalized spacial score (nSPS) is 10.9. The van der Waals surface area contributed by atoms with E-state index in [0.29, 0.717) is 0 Å². The van der Waals surface area contributed by atoms with Gasteiger partial charge in [0, 0.05) is 0 Å². The van der Waals surface area contributed by atoms with Gasteiger partial charge in [-0.3, -0.25) is 0 Å². The third-order valence-electron chi connectivity index (χ3n) is 5.14. The zero-order chi connectivity index (χ0) is 17.7. The van der Waals surface area contributed by atoms with E-state index in [1.807, 2.05) is 6.08 Å². The maximum Gasteiger partial charge on any atom is -0.0146 e. The monoisotopic (exact) mass is 320 g/mol. The van der Waals surface area contributed by atoms with Gasteiger partial charge >= 0.3 is 0 Å². The van der Waals surface area contributed by atoms with Crippen molar-refractivity contribution in [2.45, 2.75) is 66.7 Å². The number of benzene rings is 2. The predicted molar refractivity (Wildman–Crippen MR) is 109 cm³/mol. The standard InChI is InChI=1S/C24H32/c1-7-9-10-11-12-22-16-21(8-2)19(5)15-24(22)23-14-18(4)17(3)13-20(23)6/h8,13-16H,2,7,9-12H2,1,3-6H3. The average Bonchev–Trinajstić information content (AvgIpc) is 2.56. The van der Waals surface area contributed by atoms with E-state index < -0.39 is 0 Å². The SMILES string of the molecule is C=Cc1cc(CCCCCC)c(-c2cc(C)c(C)cc2C)cc1C. The molecule has 0 heterocycles. The molecule has 0 nitrogen and oxygen atoms in total. The maximum absolute atomic E-state index is 3.99. The van der Waals surface area contributed by atoms with E-state index in [1.165, 1.54) is 70.2 Å². The van der Waals surface area contributed by atoms with Crippen molar-refractivity contribution in [3.8, 4) is 11.1 Å². The molecule has 0 heteroatoms. The Morgan fingerprint density at radius 3 is 2.08 bits per heavy atom. The summed E-state index contributed by atoms with van der Waals surface area (Å²) in [6.45, 7) is 15.1. The van der Waals surface area contributed by atoms with Gasteiger partial charge < -0.3 is 0 Å². The first kappa shape index (κ1) is 18.5. The van der Waals surface area contributed by atoms with E-state index in [-0.39, 0.29) is 0 Å². The van der Waals surface area contributed by atoms with Crippen molar-refractivity contribution in [3.05, 3.63) is 64.2 Å². The Balaban J connectivity index is 2.49. The molecule has 0 aliphatic heterocycles. The third-order valence-corrected chi connectivity index (χ3v) is 5.14. The van der Waals surface area contributed by atoms with E-state index in [2.05, 4.69) is 65.5 Å². The Morgan fingerprint density at radius 2 is 1.42 bits per heavy atom. The number of hydrogen-bond acceptors (Lipinski definition) is 0. The summed E-state index contributed by atoms with van der Waals surface area (Å²) in [5, 5.41) is 0. The summed E-state index contributed by atoms with van der Waals surface area (Å²) in [5.41, 5.74) is 11.0. The lowest BCUT2D eigenvalue weighted by atomic mass is 9.88. The molecule has 0 aromatic heterocycles. The summed E-state index contributed by atoms with van der Waals surface area (Å²) in [6.07, 6.45) is 8.35. The molecule has 0 radical (unpaired) electrons. The van der Waals surface area contributed by atoms with Crippen LogP contribution in [-0.2, 0) is 6.42 Å². The molecule has 0 bridgehead atoms. The summed E-state index contributed by atoms with van der Waals surface area (Å²) in [7, 11) is 0. The van der Waals surface area contributed by atoms with Crippen LogP contribution in [0.1, 0.15) is 66.0 Å². The van der Waals surface area contributed by atoms with E-state index in [0.717, 1.165) is 6.42 Å². The van der Waals surface area contributed by atoms with Crippen molar-refractivity contribution in [2.24, 2.45) is 0 Å². The summed E-state index contributed by atoms with van der Waals surface area (Å²) >= 11 is 0. The number of unbranched alkanes of at least 4 members (excludes halogenated alkanes) is 3. The van der Waals surface area contributed by atoms with Crippen LogP contribution in [0, 0.1) is 27.7 Å². The molecule has 0 spiro atoms. The summed E-state index contributed by atoms with van der Waals surface area (Å²) in [5.74, 6) is 0. The molecule has 0 atom stereocenters. The van der Waals surface area contributed by atoms with Gasteiger partial charge in [-0.2, -0.15) is 0 Å². The first-order chi connectivity index (χ1) is 11.5. The van der Waals surface area contributed by atoms with Gasteiger partial charge in [0.1, 0.15) is 0 Å². The predicted octanol–water partition coefficient (Wildman–Crippen LogP) is 7.35. The first-order valence-electron chi connectivity index (χ1n) is 9.32. The van der Waals surface area contributed by atoms with Crippen LogP contribution in [0.4, 0.5) is 0 Å². The second-order valence-electron chi connectivity index (χ2n) is 7.13. The van der Waals surface area contributed by atoms with Gasteiger partial charge in [0.05, 0.1) is 0 Å². The van der Waals surface area contributed by atoms with Crippen LogP contribution < -0.4 is 0 Å². The van der Waals surface area contributed by atoms with Crippen molar-refractivity contribution < 1.29 is 0 Å². The molecule has 128 valence electrons. The van der Waals surface area contributed by atoms with Crippen LogP contribution in [0.25, 0.3) is 17.2 Å². The fraction of sp³-hybridized carbons (Fsp3) is 0.417. The topological polar surface area (TPSA) is 0 Å². The highest BCUT2D eigenvalue weighted by Crippen LogP contribution is 2.32. The van der Waals surface area contributed by atoms with Crippen molar-refractivity contribution in [1.29, 1.82) is 0 Å². The molecular weight excluding hydrogens is 288 g/mol. The van der Waals surface area contributed by atoms with E-state index in [4.69, 9.17) is 0 Å². The van der Waals surface area contributed by atoms with Gasteiger partial charge in [-0.05, 0) is 85.0 Å². The molecule has 24 heavy (non-hydrogen) atoms. The van der Waals surface area contributed by atoms with Gasteiger partial charge in [-0.1, -0.05) is 63.1 Å². The van der Waals surface area contributed by atoms with Crippen LogP contribution in [-0.4, -0.2) is 0 Å². The molecule has 0 saturated heterocycles. The van der Waals surface area contributed by atoms with Crippen molar-refractivity contribution in [3.63, 3.8) is 0 Å². The van der Waals surface area contributed by atoms with E-state index in [9.17, 15) is 0 Å². The van der Waals surface area contributed by atoms with Gasteiger partial charge in [-0.15, -0.1) is 0 Å². The lowest BCUT2D eigenvalue weighted by Crippen LogP contribution is -1.97. The van der Waals surface area contributed by atoms with E-state index >= 15 is 0 Å². The van der Waals surface area contributed by atoms with Crippen LogP contribution in [0.15, 0.2) is 30.8 Å². The minimum absolute atomic E-state index is 1.16.